The van der Waals surface area contributed by atoms with Crippen LogP contribution in [0.4, 0.5) is 4.39 Å². The number of ether oxygens (including phenoxy) is 2. The van der Waals surface area contributed by atoms with E-state index >= 15 is 0 Å². The fourth-order valence-corrected chi connectivity index (χ4v) is 3.85. The Morgan fingerprint density at radius 2 is 2.12 bits per heavy atom. The largest absolute Gasteiger partial charge is 0.378 e. The highest BCUT2D eigenvalue weighted by Gasteiger charge is 2.48. The van der Waals surface area contributed by atoms with Crippen molar-refractivity contribution in [2.75, 3.05) is 26.3 Å². The smallest absolute Gasteiger partial charge is 0.255 e. The van der Waals surface area contributed by atoms with Gasteiger partial charge in [0.1, 0.15) is 11.4 Å². The molecule has 1 atom stereocenters. The molecule has 2 saturated heterocycles. The van der Waals surface area contributed by atoms with Gasteiger partial charge in [-0.15, -0.1) is 0 Å². The van der Waals surface area contributed by atoms with Gasteiger partial charge in [0, 0.05) is 31.2 Å². The van der Waals surface area contributed by atoms with E-state index in [1.165, 1.54) is 12.1 Å². The summed E-state index contributed by atoms with van der Waals surface area (Å²) >= 11 is 0. The van der Waals surface area contributed by atoms with E-state index in [1.54, 1.807) is 23.2 Å². The average molecular weight is 344 g/mol. The molecule has 6 heteroatoms. The third-order valence-corrected chi connectivity index (χ3v) is 4.79. The third kappa shape index (κ3) is 3.12. The SMILES string of the molecule is CC1(C)CN(C(=O)c2cnc3ccc(F)cc3c2)CC2(CCOC2)O1. The summed E-state index contributed by atoms with van der Waals surface area (Å²) in [4.78, 5) is 19.2. The number of halogens is 1. The van der Waals surface area contributed by atoms with Crippen LogP contribution in [0.25, 0.3) is 10.9 Å². The van der Waals surface area contributed by atoms with Gasteiger partial charge in [0.05, 0.1) is 29.8 Å². The summed E-state index contributed by atoms with van der Waals surface area (Å²) in [5, 5.41) is 0.622. The molecule has 2 fully saturated rings. The van der Waals surface area contributed by atoms with E-state index < -0.39 is 11.2 Å². The quantitative estimate of drug-likeness (QED) is 0.798. The van der Waals surface area contributed by atoms with Crippen LogP contribution < -0.4 is 0 Å². The maximum atomic E-state index is 13.5. The second-order valence-electron chi connectivity index (χ2n) is 7.57. The maximum Gasteiger partial charge on any atom is 0.255 e. The molecule has 1 spiro atoms. The highest BCUT2D eigenvalue weighted by molar-refractivity contribution is 5.97. The minimum absolute atomic E-state index is 0.110. The van der Waals surface area contributed by atoms with E-state index in [-0.39, 0.29) is 11.7 Å². The first kappa shape index (κ1) is 16.4. The highest BCUT2D eigenvalue weighted by atomic mass is 19.1. The molecule has 1 amide bonds. The lowest BCUT2D eigenvalue weighted by Gasteiger charge is -2.48. The molecule has 0 bridgehead atoms. The number of carbonyl (C=O) groups excluding carboxylic acids is 1. The molecular formula is C19H21FN2O3. The van der Waals surface area contributed by atoms with Crippen LogP contribution >= 0.6 is 0 Å². The van der Waals surface area contributed by atoms with Gasteiger partial charge in [0.25, 0.3) is 5.91 Å². The van der Waals surface area contributed by atoms with Crippen molar-refractivity contribution in [3.63, 3.8) is 0 Å². The van der Waals surface area contributed by atoms with Crippen LogP contribution in [0, 0.1) is 5.82 Å². The van der Waals surface area contributed by atoms with Crippen LogP contribution in [0.2, 0.25) is 0 Å². The van der Waals surface area contributed by atoms with E-state index in [1.807, 2.05) is 13.8 Å². The topological polar surface area (TPSA) is 51.7 Å². The van der Waals surface area contributed by atoms with Crippen LogP contribution in [0.1, 0.15) is 30.6 Å². The minimum Gasteiger partial charge on any atom is -0.378 e. The summed E-state index contributed by atoms with van der Waals surface area (Å²) in [5.41, 5.74) is 0.247. The monoisotopic (exact) mass is 344 g/mol. The van der Waals surface area contributed by atoms with E-state index in [0.717, 1.165) is 6.42 Å². The van der Waals surface area contributed by atoms with Gasteiger partial charge in [-0.3, -0.25) is 9.78 Å². The zero-order valence-electron chi connectivity index (χ0n) is 14.4. The normalized spacial score (nSPS) is 25.6. The lowest BCUT2D eigenvalue weighted by molar-refractivity contribution is -0.186. The maximum absolute atomic E-state index is 13.5. The minimum atomic E-state index is -0.446. The van der Waals surface area contributed by atoms with Gasteiger partial charge >= 0.3 is 0 Å². The Bertz CT molecular complexity index is 831. The molecule has 4 rings (SSSR count). The van der Waals surface area contributed by atoms with Crippen molar-refractivity contribution in [1.29, 1.82) is 0 Å². The van der Waals surface area contributed by atoms with Crippen molar-refractivity contribution in [3.05, 3.63) is 41.8 Å². The molecule has 0 N–H and O–H groups in total. The second kappa shape index (κ2) is 5.75. The highest BCUT2D eigenvalue weighted by Crippen LogP contribution is 2.35. The fraction of sp³-hybridized carbons (Fsp3) is 0.474. The standard InChI is InChI=1S/C19H21FN2O3/c1-18(2)10-22(11-19(25-18)5-6-24-12-19)17(23)14-7-13-8-15(20)3-4-16(13)21-9-14/h3-4,7-9H,5-6,10-12H2,1-2H3. The molecule has 0 saturated carbocycles. The summed E-state index contributed by atoms with van der Waals surface area (Å²) in [6, 6.07) is 6.08. The van der Waals surface area contributed by atoms with Crippen molar-refractivity contribution in [1.82, 2.24) is 9.88 Å². The number of rotatable bonds is 1. The summed E-state index contributed by atoms with van der Waals surface area (Å²) < 4.78 is 25.2. The number of benzene rings is 1. The molecule has 1 unspecified atom stereocenters. The molecule has 5 nitrogen and oxygen atoms in total. The van der Waals surface area contributed by atoms with Crippen LogP contribution in [-0.4, -0.2) is 53.3 Å². The van der Waals surface area contributed by atoms with Crippen molar-refractivity contribution in [3.8, 4) is 0 Å². The summed E-state index contributed by atoms with van der Waals surface area (Å²) in [7, 11) is 0. The van der Waals surface area contributed by atoms with Gasteiger partial charge in [-0.2, -0.15) is 0 Å². The number of nitrogens with zero attached hydrogens (tertiary/aromatic N) is 2. The number of hydrogen-bond acceptors (Lipinski definition) is 4. The summed E-state index contributed by atoms with van der Waals surface area (Å²) in [6.45, 7) is 6.11. The Labute approximate surface area is 145 Å². The summed E-state index contributed by atoms with van der Waals surface area (Å²) in [6.07, 6.45) is 2.34. The molecule has 25 heavy (non-hydrogen) atoms. The molecule has 2 aliphatic rings. The first-order valence-corrected chi connectivity index (χ1v) is 8.48. The zero-order chi connectivity index (χ0) is 17.7. The Morgan fingerprint density at radius 1 is 1.28 bits per heavy atom. The predicted molar refractivity (Wildman–Crippen MR) is 90.9 cm³/mol. The number of amides is 1. The molecular weight excluding hydrogens is 323 g/mol. The van der Waals surface area contributed by atoms with Crippen LogP contribution in [-0.2, 0) is 9.47 Å². The van der Waals surface area contributed by atoms with E-state index in [2.05, 4.69) is 4.98 Å². The van der Waals surface area contributed by atoms with Crippen LogP contribution in [0.15, 0.2) is 30.5 Å². The number of morpholine rings is 1. The lowest BCUT2D eigenvalue weighted by atomic mass is 9.94. The van der Waals surface area contributed by atoms with Crippen molar-refractivity contribution in [2.45, 2.75) is 31.5 Å². The lowest BCUT2D eigenvalue weighted by Crippen LogP contribution is -2.61. The first-order valence-electron chi connectivity index (χ1n) is 8.48. The number of pyridine rings is 1. The molecule has 3 heterocycles. The Kier molecular flexibility index (Phi) is 3.77. The Hall–Kier alpha value is -2.05. The van der Waals surface area contributed by atoms with Crippen LogP contribution in [0.3, 0.4) is 0 Å². The van der Waals surface area contributed by atoms with Crippen molar-refractivity contribution in [2.24, 2.45) is 0 Å². The van der Waals surface area contributed by atoms with Gasteiger partial charge in [-0.05, 0) is 38.1 Å². The van der Waals surface area contributed by atoms with Gasteiger partial charge < -0.3 is 14.4 Å². The van der Waals surface area contributed by atoms with E-state index in [4.69, 9.17) is 9.47 Å². The average Bonchev–Trinajstić information content (AvgIpc) is 2.98. The van der Waals surface area contributed by atoms with E-state index in [9.17, 15) is 9.18 Å². The molecule has 0 aliphatic carbocycles. The second-order valence-corrected chi connectivity index (χ2v) is 7.57. The molecule has 0 radical (unpaired) electrons. The van der Waals surface area contributed by atoms with Gasteiger partial charge in [0.15, 0.2) is 0 Å². The van der Waals surface area contributed by atoms with Crippen molar-refractivity contribution >= 4 is 16.8 Å². The third-order valence-electron chi connectivity index (χ3n) is 4.79. The van der Waals surface area contributed by atoms with E-state index in [0.29, 0.717) is 42.8 Å². The number of fused-ring (bicyclic) bond motifs is 1. The Balaban J connectivity index is 1.65. The number of hydrogen-bond donors (Lipinski definition) is 0. The zero-order valence-corrected chi connectivity index (χ0v) is 14.4. The summed E-state index contributed by atoms with van der Waals surface area (Å²) in [5.74, 6) is -0.449. The van der Waals surface area contributed by atoms with Gasteiger partial charge in [-0.1, -0.05) is 0 Å². The van der Waals surface area contributed by atoms with Crippen molar-refractivity contribution < 1.29 is 18.7 Å². The first-order chi connectivity index (χ1) is 11.9. The van der Waals surface area contributed by atoms with Gasteiger partial charge in [0.2, 0.25) is 0 Å². The molecule has 2 aliphatic heterocycles. The molecule has 1 aromatic carbocycles. The fourth-order valence-electron chi connectivity index (χ4n) is 3.85. The molecule has 132 valence electrons. The molecule has 2 aromatic rings. The van der Waals surface area contributed by atoms with Gasteiger partial charge in [-0.25, -0.2) is 4.39 Å². The van der Waals surface area contributed by atoms with Crippen LogP contribution in [0.5, 0.6) is 0 Å². The number of carbonyl (C=O) groups is 1. The molecule has 1 aromatic heterocycles. The Morgan fingerprint density at radius 3 is 2.88 bits per heavy atom. The number of aromatic nitrogens is 1. The predicted octanol–water partition coefficient (Wildman–Crippen LogP) is 2.78.